The van der Waals surface area contributed by atoms with Crippen LogP contribution in [0.15, 0.2) is 183 Å². The number of fused-ring (bicyclic) bond motifs is 6. The van der Waals surface area contributed by atoms with E-state index in [4.69, 9.17) is 25.5 Å². The van der Waals surface area contributed by atoms with Gasteiger partial charge >= 0.3 is 47.8 Å². The number of pyridine rings is 8. The maximum absolute atomic E-state index is 11.6. The SMILES string of the molecule is O=C(O)c1cc(-c2cc(C(=O)O)c3ccccc3n2)nc2ccccc12.O=C(O)c1ccnc(-c2cc(C(=O)O)c3ccccc3n2)c1.O=C(O)c1ccnc(-c2cc(C(=O)O)ccn2)c1.O=C(O)c1ccnc2c1ccc1c(C(=O)O)ccnc12. The van der Waals surface area contributed by atoms with Crippen molar-refractivity contribution in [1.29, 1.82) is 0 Å². The van der Waals surface area contributed by atoms with Crippen molar-refractivity contribution < 1.29 is 79.2 Å². The molecule has 24 heteroatoms. The highest BCUT2D eigenvalue weighted by atomic mass is 16.4. The molecule has 86 heavy (non-hydrogen) atoms. The predicted molar refractivity (Wildman–Crippen MR) is 308 cm³/mol. The molecule has 12 aromatic rings. The first-order chi connectivity index (χ1) is 41.3. The van der Waals surface area contributed by atoms with Crippen molar-refractivity contribution >= 4 is 102 Å². The number of carbonyl (C=O) groups is 8. The molecule has 24 nitrogen and oxygen atoms in total. The maximum atomic E-state index is 11.6. The molecule has 0 aliphatic rings. The predicted octanol–water partition coefficient (Wildman–Crippen LogP) is 10.3. The van der Waals surface area contributed by atoms with Crippen molar-refractivity contribution in [2.45, 2.75) is 0 Å². The van der Waals surface area contributed by atoms with Crippen LogP contribution in [0.1, 0.15) is 82.9 Å². The summed E-state index contributed by atoms with van der Waals surface area (Å²) in [4.78, 5) is 123. The molecule has 0 atom stereocenters. The fourth-order valence-corrected chi connectivity index (χ4v) is 8.76. The molecular formula is C62H38N8O16. The van der Waals surface area contributed by atoms with Gasteiger partial charge in [-0.25, -0.2) is 53.3 Å². The van der Waals surface area contributed by atoms with Crippen LogP contribution in [0.25, 0.3) is 88.7 Å². The zero-order valence-corrected chi connectivity index (χ0v) is 43.7. The monoisotopic (exact) mass is 1150 g/mol. The van der Waals surface area contributed by atoms with Crippen LogP contribution in [0.3, 0.4) is 0 Å². The highest BCUT2D eigenvalue weighted by Crippen LogP contribution is 2.30. The number of nitrogens with zero attached hydrogens (tertiary/aromatic N) is 8. The first-order valence-corrected chi connectivity index (χ1v) is 24.9. The Balaban J connectivity index is 0.000000138. The third kappa shape index (κ3) is 12.5. The second kappa shape index (κ2) is 24.9. The van der Waals surface area contributed by atoms with Crippen molar-refractivity contribution in [2.75, 3.05) is 0 Å². The molecule has 0 aliphatic heterocycles. The molecule has 0 amide bonds. The Kier molecular flexibility index (Phi) is 16.7. The van der Waals surface area contributed by atoms with Crippen LogP contribution < -0.4 is 0 Å². The van der Waals surface area contributed by atoms with Gasteiger partial charge in [0, 0.05) is 57.9 Å². The molecule has 8 N–H and O–H groups in total. The number of rotatable bonds is 11. The van der Waals surface area contributed by atoms with E-state index in [2.05, 4.69) is 39.9 Å². The van der Waals surface area contributed by atoms with Gasteiger partial charge in [0.1, 0.15) is 0 Å². The number of benzene rings is 4. The lowest BCUT2D eigenvalue weighted by atomic mass is 10.0. The second-order valence-corrected chi connectivity index (χ2v) is 18.0. The average Bonchev–Trinajstić information content (AvgIpc) is 1.79. The van der Waals surface area contributed by atoms with Gasteiger partial charge in [0.2, 0.25) is 0 Å². The van der Waals surface area contributed by atoms with Gasteiger partial charge in [-0.05, 0) is 84.9 Å². The Bertz CT molecular complexity index is 4570. The first-order valence-electron chi connectivity index (χ1n) is 24.9. The highest BCUT2D eigenvalue weighted by molar-refractivity contribution is 6.14. The van der Waals surface area contributed by atoms with E-state index in [1.165, 1.54) is 97.7 Å². The van der Waals surface area contributed by atoms with Crippen molar-refractivity contribution in [2.24, 2.45) is 0 Å². The summed E-state index contributed by atoms with van der Waals surface area (Å²) in [6.45, 7) is 0. The zero-order chi connectivity index (χ0) is 61.3. The van der Waals surface area contributed by atoms with Crippen LogP contribution in [0.4, 0.5) is 0 Å². The summed E-state index contributed by atoms with van der Waals surface area (Å²) in [7, 11) is 0. The standard InChI is InChI=1S/C20H12N2O4.C16H10N2O4.C14H8N2O4.C12H8N2O4/c23-19(24)13-9-17(21-15-7-3-1-5-11(13)15)18-10-14(20(25)26)12-6-2-4-8-16(12)22-18;19-15(20)9-5-6-17-13(7-9)14-8-11(16(21)22)10-3-1-2-4-12(10)18-14;17-13(18)9-3-5-15-11-7(9)1-2-8-10(14(19)20)4-6-16-12(8)11;15-11(16)7-1-3-13-9(5-7)10-6-8(12(17)18)2-4-14-10/h1-10H,(H,23,24)(H,25,26);1-8H,(H,19,20)(H,21,22);1-6H,(H,17,18)(H,19,20);1-6H,(H,15,16)(H,17,18). The van der Waals surface area contributed by atoms with Crippen LogP contribution in [0.2, 0.25) is 0 Å². The van der Waals surface area contributed by atoms with E-state index in [0.29, 0.717) is 88.7 Å². The Morgan fingerprint density at radius 3 is 0.802 bits per heavy atom. The molecule has 0 bridgehead atoms. The lowest BCUT2D eigenvalue weighted by Crippen LogP contribution is -2.03. The smallest absolute Gasteiger partial charge is 0.336 e. The van der Waals surface area contributed by atoms with Gasteiger partial charge in [-0.2, -0.15) is 0 Å². The van der Waals surface area contributed by atoms with Crippen molar-refractivity contribution in [3.8, 4) is 34.2 Å². The van der Waals surface area contributed by atoms with Crippen molar-refractivity contribution in [1.82, 2.24) is 39.9 Å². The zero-order valence-electron chi connectivity index (χ0n) is 43.7. The van der Waals surface area contributed by atoms with Crippen molar-refractivity contribution in [3.63, 3.8) is 0 Å². The molecule has 0 aliphatic carbocycles. The minimum absolute atomic E-state index is 0.0665. The number of aromatic nitrogens is 8. The Morgan fingerprint density at radius 2 is 0.512 bits per heavy atom. The lowest BCUT2D eigenvalue weighted by Gasteiger charge is -2.09. The average molecular weight is 1150 g/mol. The molecule has 0 spiro atoms. The molecule has 0 fully saturated rings. The third-order valence-corrected chi connectivity index (χ3v) is 12.7. The summed E-state index contributed by atoms with van der Waals surface area (Å²) < 4.78 is 0. The Labute approximate surface area is 481 Å². The van der Waals surface area contributed by atoms with Crippen LogP contribution in [0.5, 0.6) is 0 Å². The van der Waals surface area contributed by atoms with E-state index in [-0.39, 0.29) is 44.5 Å². The first kappa shape index (κ1) is 57.8. The largest absolute Gasteiger partial charge is 0.478 e. The normalized spacial score (nSPS) is 10.6. The highest BCUT2D eigenvalue weighted by Gasteiger charge is 2.20. The fourth-order valence-electron chi connectivity index (χ4n) is 8.76. The second-order valence-electron chi connectivity index (χ2n) is 18.0. The third-order valence-electron chi connectivity index (χ3n) is 12.7. The van der Waals surface area contributed by atoms with Gasteiger partial charge in [-0.1, -0.05) is 66.7 Å². The van der Waals surface area contributed by atoms with Gasteiger partial charge < -0.3 is 40.9 Å². The Hall–Kier alpha value is -12.9. The van der Waals surface area contributed by atoms with Gasteiger partial charge in [0.15, 0.2) is 0 Å². The fraction of sp³-hybridized carbons (Fsp3) is 0. The van der Waals surface area contributed by atoms with Gasteiger partial charge in [0.25, 0.3) is 0 Å². The summed E-state index contributed by atoms with van der Waals surface area (Å²) in [5.74, 6) is -8.59. The summed E-state index contributed by atoms with van der Waals surface area (Å²) in [5.41, 5.74) is 4.91. The minimum Gasteiger partial charge on any atom is -0.478 e. The van der Waals surface area contributed by atoms with Crippen LogP contribution >= 0.6 is 0 Å². The summed E-state index contributed by atoms with van der Waals surface area (Å²) >= 11 is 0. The Morgan fingerprint density at radius 1 is 0.244 bits per heavy atom. The van der Waals surface area contributed by atoms with E-state index >= 15 is 0 Å². The van der Waals surface area contributed by atoms with E-state index in [9.17, 15) is 53.7 Å². The molecule has 0 saturated carbocycles. The molecule has 0 radical (unpaired) electrons. The van der Waals surface area contributed by atoms with Crippen LogP contribution in [0, 0.1) is 0 Å². The number of hydrogen-bond donors (Lipinski definition) is 8. The molecule has 12 rings (SSSR count). The minimum atomic E-state index is -1.08. The maximum Gasteiger partial charge on any atom is 0.336 e. The number of carboxylic acids is 8. The van der Waals surface area contributed by atoms with E-state index < -0.39 is 47.8 Å². The molecular weight excluding hydrogens is 1110 g/mol. The summed E-state index contributed by atoms with van der Waals surface area (Å²) in [6, 6.07) is 39.0. The van der Waals surface area contributed by atoms with E-state index in [1.807, 2.05) is 0 Å². The molecule has 8 aromatic heterocycles. The molecule has 422 valence electrons. The number of hydrogen-bond acceptors (Lipinski definition) is 16. The van der Waals surface area contributed by atoms with Gasteiger partial charge in [-0.15, -0.1) is 0 Å². The molecule has 0 unspecified atom stereocenters. The summed E-state index contributed by atoms with van der Waals surface area (Å²) in [6.07, 6.45) is 6.79. The number of carboxylic acid groups (broad SMARTS) is 8. The van der Waals surface area contributed by atoms with E-state index in [0.717, 1.165) is 0 Å². The number of aromatic carboxylic acids is 8. The van der Waals surface area contributed by atoms with Crippen molar-refractivity contribution in [3.05, 3.63) is 227 Å². The van der Waals surface area contributed by atoms with Gasteiger partial charge in [-0.3, -0.25) is 24.9 Å². The van der Waals surface area contributed by atoms with Crippen LogP contribution in [-0.4, -0.2) is 128 Å². The van der Waals surface area contributed by atoms with Gasteiger partial charge in [0.05, 0.1) is 106 Å². The number of para-hydroxylation sites is 3. The van der Waals surface area contributed by atoms with Crippen LogP contribution in [-0.2, 0) is 0 Å². The molecule has 4 aromatic carbocycles. The summed E-state index contributed by atoms with van der Waals surface area (Å²) in [5, 5.41) is 75.9. The topological polar surface area (TPSA) is 402 Å². The quantitative estimate of drug-likeness (QED) is 0.0558. The molecule has 0 saturated heterocycles. The lowest BCUT2D eigenvalue weighted by molar-refractivity contribution is 0.0686. The molecule has 8 heterocycles. The van der Waals surface area contributed by atoms with E-state index in [1.54, 1.807) is 84.9 Å².